The van der Waals surface area contributed by atoms with Gasteiger partial charge >= 0.3 is 0 Å². The molecule has 3 rings (SSSR count). The first-order valence-electron chi connectivity index (χ1n) is 9.23. The minimum absolute atomic E-state index is 0.00118. The van der Waals surface area contributed by atoms with Crippen molar-refractivity contribution in [3.8, 4) is 5.75 Å². The maximum atomic E-state index is 13.0. The summed E-state index contributed by atoms with van der Waals surface area (Å²) >= 11 is 5.18. The zero-order valence-electron chi connectivity index (χ0n) is 16.3. The molecule has 152 valence electrons. The molecule has 0 saturated carbocycles. The molecule has 7 heteroatoms. The van der Waals surface area contributed by atoms with Crippen LogP contribution in [0.2, 0.25) is 0 Å². The minimum Gasteiger partial charge on any atom is -0.497 e. The fraction of sp³-hybridized carbons (Fsp3) is 0.0870. The predicted molar refractivity (Wildman–Crippen MR) is 119 cm³/mol. The Hall–Kier alpha value is -3.71. The number of nitrogens with one attached hydrogen (secondary N) is 3. The zero-order valence-corrected chi connectivity index (χ0v) is 17.1. The van der Waals surface area contributed by atoms with Gasteiger partial charge in [-0.05, 0) is 47.6 Å². The Morgan fingerprint density at radius 2 is 1.33 bits per heavy atom. The van der Waals surface area contributed by atoms with E-state index >= 15 is 0 Å². The summed E-state index contributed by atoms with van der Waals surface area (Å²) < 4.78 is 5.07. The van der Waals surface area contributed by atoms with Crippen LogP contribution in [0.1, 0.15) is 27.4 Å². The summed E-state index contributed by atoms with van der Waals surface area (Å²) in [6, 6.07) is 25.5. The van der Waals surface area contributed by atoms with Gasteiger partial charge in [0.25, 0.3) is 5.91 Å². The lowest BCUT2D eigenvalue weighted by Crippen LogP contribution is -2.49. The van der Waals surface area contributed by atoms with Gasteiger partial charge in [-0.2, -0.15) is 0 Å². The predicted octanol–water partition coefficient (Wildman–Crippen LogP) is 3.16. The Morgan fingerprint density at radius 1 is 0.800 bits per heavy atom. The normalized spacial score (nSPS) is 10.2. The number of hydrogen-bond acceptors (Lipinski definition) is 4. The standard InChI is InChI=1S/C23H21N3O3S/c1-29-19-14-12-18(13-15-19)21(27)25-26-23(30)24-22(28)20(16-8-4-2-5-9-16)17-10-6-3-7-11-17/h2-15,20H,1H3,(H,25,27)(H2,24,26,28,30). The Balaban J connectivity index is 1.64. The van der Waals surface area contributed by atoms with E-state index in [2.05, 4.69) is 16.2 Å². The van der Waals surface area contributed by atoms with Gasteiger partial charge in [0.15, 0.2) is 5.11 Å². The van der Waals surface area contributed by atoms with Crippen molar-refractivity contribution in [1.82, 2.24) is 16.2 Å². The molecule has 0 bridgehead atoms. The lowest BCUT2D eigenvalue weighted by molar-refractivity contribution is -0.120. The van der Waals surface area contributed by atoms with Gasteiger partial charge in [0.05, 0.1) is 13.0 Å². The summed E-state index contributed by atoms with van der Waals surface area (Å²) in [5, 5.41) is 2.65. The van der Waals surface area contributed by atoms with Gasteiger partial charge < -0.3 is 10.1 Å². The largest absolute Gasteiger partial charge is 0.497 e. The number of thiocarbonyl (C=S) groups is 1. The summed E-state index contributed by atoms with van der Waals surface area (Å²) in [6.07, 6.45) is 0. The minimum atomic E-state index is -0.538. The number of carbonyl (C=O) groups is 2. The number of hydrogen-bond donors (Lipinski definition) is 3. The average Bonchev–Trinajstić information content (AvgIpc) is 2.79. The summed E-state index contributed by atoms with van der Waals surface area (Å²) in [5.41, 5.74) is 7.14. The van der Waals surface area contributed by atoms with E-state index in [0.29, 0.717) is 11.3 Å². The summed E-state index contributed by atoms with van der Waals surface area (Å²) in [6.45, 7) is 0. The topological polar surface area (TPSA) is 79.5 Å². The first-order chi connectivity index (χ1) is 14.6. The highest BCUT2D eigenvalue weighted by Gasteiger charge is 2.23. The second-order valence-electron chi connectivity index (χ2n) is 6.38. The Kier molecular flexibility index (Phi) is 7.13. The van der Waals surface area contributed by atoms with Crippen LogP contribution in [-0.4, -0.2) is 24.0 Å². The first-order valence-corrected chi connectivity index (χ1v) is 9.64. The third-order valence-corrected chi connectivity index (χ3v) is 4.61. The van der Waals surface area contributed by atoms with E-state index in [9.17, 15) is 9.59 Å². The van der Waals surface area contributed by atoms with E-state index in [1.807, 2.05) is 60.7 Å². The molecule has 30 heavy (non-hydrogen) atoms. The molecule has 3 N–H and O–H groups in total. The van der Waals surface area contributed by atoms with Crippen LogP contribution in [0.25, 0.3) is 0 Å². The molecule has 0 unspecified atom stereocenters. The third-order valence-electron chi connectivity index (χ3n) is 4.41. The molecule has 0 spiro atoms. The number of benzene rings is 3. The molecule has 3 aromatic rings. The second-order valence-corrected chi connectivity index (χ2v) is 6.79. The van der Waals surface area contributed by atoms with Crippen molar-refractivity contribution in [2.24, 2.45) is 0 Å². The van der Waals surface area contributed by atoms with E-state index in [0.717, 1.165) is 11.1 Å². The van der Waals surface area contributed by atoms with Crippen LogP contribution >= 0.6 is 12.2 Å². The van der Waals surface area contributed by atoms with Gasteiger partial charge in [-0.25, -0.2) is 0 Å². The van der Waals surface area contributed by atoms with Crippen molar-refractivity contribution < 1.29 is 14.3 Å². The smallest absolute Gasteiger partial charge is 0.269 e. The SMILES string of the molecule is COc1ccc(C(=O)NNC(=S)NC(=O)C(c2ccccc2)c2ccccc2)cc1. The lowest BCUT2D eigenvalue weighted by Gasteiger charge is -2.18. The van der Waals surface area contributed by atoms with Crippen molar-refractivity contribution >= 4 is 29.1 Å². The van der Waals surface area contributed by atoms with Crippen LogP contribution in [0.15, 0.2) is 84.9 Å². The third kappa shape index (κ3) is 5.42. The molecule has 0 aromatic heterocycles. The van der Waals surface area contributed by atoms with E-state index in [1.165, 1.54) is 0 Å². The van der Waals surface area contributed by atoms with Crippen LogP contribution in [-0.2, 0) is 4.79 Å². The molecular weight excluding hydrogens is 398 g/mol. The molecule has 0 aliphatic heterocycles. The summed E-state index contributed by atoms with van der Waals surface area (Å²) in [7, 11) is 1.55. The molecule has 0 heterocycles. The highest BCUT2D eigenvalue weighted by Crippen LogP contribution is 2.24. The van der Waals surface area contributed by atoms with Crippen molar-refractivity contribution in [1.29, 1.82) is 0 Å². The molecule has 0 aliphatic carbocycles. The Bertz CT molecular complexity index is 969. The van der Waals surface area contributed by atoms with Gasteiger partial charge in [-0.1, -0.05) is 60.7 Å². The Morgan fingerprint density at radius 3 is 1.83 bits per heavy atom. The first kappa shape index (κ1) is 21.0. The summed E-state index contributed by atoms with van der Waals surface area (Å²) in [5.74, 6) is -0.583. The molecule has 3 aromatic carbocycles. The highest BCUT2D eigenvalue weighted by molar-refractivity contribution is 7.80. The van der Waals surface area contributed by atoms with Crippen molar-refractivity contribution in [3.05, 3.63) is 102 Å². The average molecular weight is 420 g/mol. The van der Waals surface area contributed by atoms with Gasteiger partial charge in [0.1, 0.15) is 5.75 Å². The maximum absolute atomic E-state index is 13.0. The number of methoxy groups -OCH3 is 1. The molecule has 0 aliphatic rings. The van der Waals surface area contributed by atoms with Crippen LogP contribution in [0.4, 0.5) is 0 Å². The monoisotopic (exact) mass is 419 g/mol. The molecule has 0 radical (unpaired) electrons. The molecular formula is C23H21N3O3S. The van der Waals surface area contributed by atoms with E-state index in [1.54, 1.807) is 31.4 Å². The van der Waals surface area contributed by atoms with Gasteiger partial charge in [-0.3, -0.25) is 20.4 Å². The molecule has 2 amide bonds. The fourth-order valence-corrected chi connectivity index (χ4v) is 3.08. The van der Waals surface area contributed by atoms with Crippen LogP contribution < -0.4 is 20.9 Å². The lowest BCUT2D eigenvalue weighted by atomic mass is 9.90. The number of hydrazine groups is 1. The number of ether oxygens (including phenoxy) is 1. The van der Waals surface area contributed by atoms with Gasteiger partial charge in [0, 0.05) is 5.56 Å². The molecule has 0 atom stereocenters. The van der Waals surface area contributed by atoms with E-state index < -0.39 is 11.8 Å². The zero-order chi connectivity index (χ0) is 21.3. The van der Waals surface area contributed by atoms with E-state index in [4.69, 9.17) is 17.0 Å². The van der Waals surface area contributed by atoms with Crippen molar-refractivity contribution in [3.63, 3.8) is 0 Å². The van der Waals surface area contributed by atoms with Crippen molar-refractivity contribution in [2.45, 2.75) is 5.92 Å². The summed E-state index contributed by atoms with van der Waals surface area (Å²) in [4.78, 5) is 25.2. The van der Waals surface area contributed by atoms with E-state index in [-0.39, 0.29) is 11.0 Å². The maximum Gasteiger partial charge on any atom is 0.269 e. The second kappa shape index (κ2) is 10.2. The fourth-order valence-electron chi connectivity index (χ4n) is 2.93. The van der Waals surface area contributed by atoms with Crippen molar-refractivity contribution in [2.75, 3.05) is 7.11 Å². The molecule has 0 saturated heterocycles. The quantitative estimate of drug-likeness (QED) is 0.437. The van der Waals surface area contributed by atoms with Gasteiger partial charge in [0.2, 0.25) is 5.91 Å². The molecule has 6 nitrogen and oxygen atoms in total. The van der Waals surface area contributed by atoms with Gasteiger partial charge in [-0.15, -0.1) is 0 Å². The van der Waals surface area contributed by atoms with Crippen LogP contribution in [0.3, 0.4) is 0 Å². The van der Waals surface area contributed by atoms with Crippen LogP contribution in [0, 0.1) is 0 Å². The number of amides is 2. The number of rotatable bonds is 5. The highest BCUT2D eigenvalue weighted by atomic mass is 32.1. The number of carbonyl (C=O) groups excluding carboxylic acids is 2. The van der Waals surface area contributed by atoms with Crippen LogP contribution in [0.5, 0.6) is 5.75 Å². The molecule has 0 fully saturated rings. The Labute approximate surface area is 180 Å².